The third-order valence-corrected chi connectivity index (χ3v) is 4.52. The molecule has 0 N–H and O–H groups in total. The molecule has 1 aromatic heterocycles. The Morgan fingerprint density at radius 3 is 2.73 bits per heavy atom. The minimum absolute atomic E-state index is 0.0310. The van der Waals surface area contributed by atoms with Gasteiger partial charge in [0.05, 0.1) is 11.3 Å². The Hall–Kier alpha value is -2.13. The van der Waals surface area contributed by atoms with E-state index in [9.17, 15) is 18.8 Å². The molecule has 22 heavy (non-hydrogen) atoms. The van der Waals surface area contributed by atoms with Crippen molar-refractivity contribution in [3.63, 3.8) is 0 Å². The summed E-state index contributed by atoms with van der Waals surface area (Å²) in [6, 6.07) is 4.60. The molecule has 0 amide bonds. The maximum atomic E-state index is 13.3. The molecule has 0 unspecified atom stereocenters. The van der Waals surface area contributed by atoms with Crippen LogP contribution in [-0.4, -0.2) is 17.9 Å². The number of ketones is 1. The summed E-state index contributed by atoms with van der Waals surface area (Å²) in [5.41, 5.74) is -2.10. The van der Waals surface area contributed by atoms with Crippen LogP contribution in [0.15, 0.2) is 30.0 Å². The topological polar surface area (TPSA) is 63.0 Å². The fraction of sp³-hybridized carbons (Fsp3) is 0.438. The van der Waals surface area contributed by atoms with E-state index in [1.165, 1.54) is 31.5 Å². The van der Waals surface area contributed by atoms with Crippen molar-refractivity contribution in [2.45, 2.75) is 31.3 Å². The normalized spacial score (nSPS) is 26.0. The van der Waals surface area contributed by atoms with E-state index in [0.717, 1.165) is 0 Å². The molecule has 0 aromatic carbocycles. The zero-order valence-corrected chi connectivity index (χ0v) is 12.0. The van der Waals surface area contributed by atoms with Crippen LogP contribution in [0.4, 0.5) is 8.78 Å². The molecule has 3 rings (SSSR count). The quantitative estimate of drug-likeness (QED) is 0.861. The van der Waals surface area contributed by atoms with E-state index >= 15 is 0 Å². The number of halogens is 2. The first-order valence-electron chi connectivity index (χ1n) is 6.94. The number of carbonyl (C=O) groups is 1. The van der Waals surface area contributed by atoms with Crippen LogP contribution in [0, 0.1) is 16.7 Å². The summed E-state index contributed by atoms with van der Waals surface area (Å²) in [4.78, 5) is 16.4. The SMILES string of the molecule is CO[C@]1(c2ncccc2C(F)F)C=C(C#N)C(=O)C2(CC2)C1. The van der Waals surface area contributed by atoms with Crippen LogP contribution in [0.5, 0.6) is 0 Å². The second-order valence-corrected chi connectivity index (χ2v) is 5.79. The average Bonchev–Trinajstić information content (AvgIpc) is 3.30. The molecule has 1 spiro atoms. The summed E-state index contributed by atoms with van der Waals surface area (Å²) in [6.07, 6.45) is 1.60. The third kappa shape index (κ3) is 2.04. The molecule has 1 heterocycles. The number of alkyl halides is 2. The molecule has 6 heteroatoms. The van der Waals surface area contributed by atoms with Gasteiger partial charge in [-0.25, -0.2) is 8.78 Å². The highest BCUT2D eigenvalue weighted by Crippen LogP contribution is 2.59. The van der Waals surface area contributed by atoms with E-state index in [2.05, 4.69) is 4.98 Å². The number of hydrogen-bond donors (Lipinski definition) is 0. The Kier molecular flexibility index (Phi) is 3.33. The predicted octanol–water partition coefficient (Wildman–Crippen LogP) is 3.06. The molecule has 0 saturated heterocycles. The van der Waals surface area contributed by atoms with E-state index in [4.69, 9.17) is 4.74 Å². The number of carbonyl (C=O) groups excluding carboxylic acids is 1. The van der Waals surface area contributed by atoms with Crippen LogP contribution < -0.4 is 0 Å². The molecule has 2 aliphatic carbocycles. The van der Waals surface area contributed by atoms with Gasteiger partial charge < -0.3 is 4.74 Å². The zero-order chi connectivity index (χ0) is 16.0. The van der Waals surface area contributed by atoms with Crippen LogP contribution in [0.1, 0.15) is 36.9 Å². The van der Waals surface area contributed by atoms with Gasteiger partial charge in [0.25, 0.3) is 6.43 Å². The van der Waals surface area contributed by atoms with Gasteiger partial charge in [0.15, 0.2) is 5.78 Å². The Balaban J connectivity index is 2.20. The van der Waals surface area contributed by atoms with Crippen molar-refractivity contribution in [2.75, 3.05) is 7.11 Å². The van der Waals surface area contributed by atoms with Gasteiger partial charge in [-0.05, 0) is 37.5 Å². The lowest BCUT2D eigenvalue weighted by Crippen LogP contribution is -2.39. The van der Waals surface area contributed by atoms with Crippen molar-refractivity contribution in [3.05, 3.63) is 41.2 Å². The number of pyridine rings is 1. The lowest BCUT2D eigenvalue weighted by Gasteiger charge is -2.37. The average molecular weight is 304 g/mol. The summed E-state index contributed by atoms with van der Waals surface area (Å²) >= 11 is 0. The highest BCUT2D eigenvalue weighted by molar-refractivity contribution is 6.06. The Morgan fingerprint density at radius 1 is 1.45 bits per heavy atom. The summed E-state index contributed by atoms with van der Waals surface area (Å²) in [5.74, 6) is -0.211. The second kappa shape index (κ2) is 4.96. The number of methoxy groups -OCH3 is 1. The van der Waals surface area contributed by atoms with Crippen LogP contribution in [0.2, 0.25) is 0 Å². The number of nitriles is 1. The Bertz CT molecular complexity index is 704. The second-order valence-electron chi connectivity index (χ2n) is 5.79. The maximum Gasteiger partial charge on any atom is 0.265 e. The van der Waals surface area contributed by atoms with Crippen LogP contribution in [-0.2, 0) is 15.1 Å². The summed E-state index contributed by atoms with van der Waals surface area (Å²) in [6.45, 7) is 0. The molecule has 0 radical (unpaired) electrons. The van der Waals surface area contributed by atoms with Crippen molar-refractivity contribution in [3.8, 4) is 6.07 Å². The van der Waals surface area contributed by atoms with Gasteiger partial charge in [0, 0.05) is 24.3 Å². The number of hydrogen-bond acceptors (Lipinski definition) is 4. The van der Waals surface area contributed by atoms with Crippen LogP contribution >= 0.6 is 0 Å². The monoisotopic (exact) mass is 304 g/mol. The molecule has 1 aromatic rings. The maximum absolute atomic E-state index is 13.3. The van der Waals surface area contributed by atoms with Gasteiger partial charge in [0.1, 0.15) is 11.7 Å². The Labute approximate surface area is 126 Å². The molecule has 114 valence electrons. The van der Waals surface area contributed by atoms with Gasteiger partial charge in [-0.15, -0.1) is 0 Å². The summed E-state index contributed by atoms with van der Waals surface area (Å²) in [5, 5.41) is 9.21. The fourth-order valence-corrected chi connectivity index (χ4v) is 3.18. The minimum Gasteiger partial charge on any atom is -0.368 e. The molecule has 1 saturated carbocycles. The molecule has 4 nitrogen and oxygen atoms in total. The fourth-order valence-electron chi connectivity index (χ4n) is 3.18. The van der Waals surface area contributed by atoms with Gasteiger partial charge in [-0.3, -0.25) is 9.78 Å². The summed E-state index contributed by atoms with van der Waals surface area (Å²) in [7, 11) is 1.39. The Morgan fingerprint density at radius 2 is 2.18 bits per heavy atom. The number of nitrogens with zero attached hydrogens (tertiary/aromatic N) is 2. The minimum atomic E-state index is -2.71. The van der Waals surface area contributed by atoms with E-state index in [1.807, 2.05) is 6.07 Å². The molecule has 1 fully saturated rings. The van der Waals surface area contributed by atoms with E-state index in [1.54, 1.807) is 0 Å². The van der Waals surface area contributed by atoms with Gasteiger partial charge in [-0.1, -0.05) is 0 Å². The number of ether oxygens (including phenoxy) is 1. The first-order valence-corrected chi connectivity index (χ1v) is 6.94. The van der Waals surface area contributed by atoms with Crippen molar-refractivity contribution in [2.24, 2.45) is 5.41 Å². The first-order chi connectivity index (χ1) is 10.5. The number of aromatic nitrogens is 1. The lowest BCUT2D eigenvalue weighted by molar-refractivity contribution is -0.124. The van der Waals surface area contributed by atoms with Crippen molar-refractivity contribution < 1.29 is 18.3 Å². The molecular weight excluding hydrogens is 290 g/mol. The smallest absolute Gasteiger partial charge is 0.265 e. The van der Waals surface area contributed by atoms with Crippen molar-refractivity contribution in [1.29, 1.82) is 5.26 Å². The van der Waals surface area contributed by atoms with Crippen LogP contribution in [0.3, 0.4) is 0 Å². The standard InChI is InChI=1S/C16H14F2N2O2/c1-22-16(12-11(14(17)18)3-2-6-20-12)7-10(8-19)13(21)15(9-16)4-5-15/h2-3,6-7,14H,4-5,9H2,1H3/t16-/m1/s1. The number of allylic oxidation sites excluding steroid dienone is 1. The van der Waals surface area contributed by atoms with E-state index in [-0.39, 0.29) is 29.0 Å². The van der Waals surface area contributed by atoms with Gasteiger partial charge >= 0.3 is 0 Å². The van der Waals surface area contributed by atoms with Gasteiger partial charge in [0.2, 0.25) is 0 Å². The third-order valence-electron chi connectivity index (χ3n) is 4.52. The highest BCUT2D eigenvalue weighted by Gasteiger charge is 2.59. The van der Waals surface area contributed by atoms with Crippen molar-refractivity contribution >= 4 is 5.78 Å². The first kappa shape index (κ1) is 14.8. The predicted molar refractivity (Wildman–Crippen MR) is 72.9 cm³/mol. The molecule has 0 aliphatic heterocycles. The van der Waals surface area contributed by atoms with E-state index < -0.39 is 17.4 Å². The highest BCUT2D eigenvalue weighted by atomic mass is 19.3. The molecular formula is C16H14F2N2O2. The van der Waals surface area contributed by atoms with Gasteiger partial charge in [-0.2, -0.15) is 5.26 Å². The lowest BCUT2D eigenvalue weighted by atomic mass is 9.73. The number of Topliss-reactive ketones (excluding diaryl/α,β-unsaturated/α-hetero) is 1. The molecule has 0 bridgehead atoms. The largest absolute Gasteiger partial charge is 0.368 e. The van der Waals surface area contributed by atoms with Crippen molar-refractivity contribution in [1.82, 2.24) is 4.98 Å². The van der Waals surface area contributed by atoms with E-state index in [0.29, 0.717) is 12.8 Å². The number of rotatable bonds is 3. The zero-order valence-electron chi connectivity index (χ0n) is 12.0. The summed E-state index contributed by atoms with van der Waals surface area (Å²) < 4.78 is 32.1. The van der Waals surface area contributed by atoms with Crippen LogP contribution in [0.25, 0.3) is 0 Å². The molecule has 2 aliphatic rings. The molecule has 1 atom stereocenters.